The Balaban J connectivity index is 1.35. The third-order valence-electron chi connectivity index (χ3n) is 12.8. The lowest BCUT2D eigenvalue weighted by atomic mass is 9.78. The van der Waals surface area contributed by atoms with E-state index < -0.39 is 8.07 Å². The van der Waals surface area contributed by atoms with Crippen molar-refractivity contribution in [1.82, 2.24) is 9.55 Å². The van der Waals surface area contributed by atoms with Crippen molar-refractivity contribution in [3.8, 4) is 28.2 Å². The first-order valence-corrected chi connectivity index (χ1v) is 25.4. The lowest BCUT2D eigenvalue weighted by Gasteiger charge is -2.28. The van der Waals surface area contributed by atoms with Crippen molar-refractivity contribution in [2.45, 2.75) is 112 Å². The van der Waals surface area contributed by atoms with E-state index in [0.717, 1.165) is 44.4 Å². The summed E-state index contributed by atoms with van der Waals surface area (Å²) < 4.78 is 9.50. The van der Waals surface area contributed by atoms with Gasteiger partial charge in [-0.1, -0.05) is 167 Å². The molecule has 0 bridgehead atoms. The fourth-order valence-electron chi connectivity index (χ4n) is 9.07. The van der Waals surface area contributed by atoms with Crippen LogP contribution in [0.4, 0.5) is 0 Å². The number of hydrogen-bond acceptors (Lipinski definition) is 2. The van der Waals surface area contributed by atoms with Gasteiger partial charge in [0.1, 0.15) is 17.0 Å². The zero-order chi connectivity index (χ0) is 42.6. The molecule has 0 N–H and O–H groups in total. The Kier molecular flexibility index (Phi) is 9.37. The summed E-state index contributed by atoms with van der Waals surface area (Å²) in [5, 5.41) is 8.53. The maximum atomic E-state index is 7.02. The largest absolute Gasteiger partial charge is 0.455 e. The Hall–Kier alpha value is -5.45. The van der Waals surface area contributed by atoms with Crippen LogP contribution in [0.5, 0.6) is 0 Å². The average molecular weight is 805 g/mol. The highest BCUT2D eigenvalue weighted by Crippen LogP contribution is 2.44. The number of nitrogens with zero attached hydrogens (tertiary/aromatic N) is 2. The Morgan fingerprint density at radius 3 is 1.82 bits per heavy atom. The minimum atomic E-state index is -1.63. The normalized spacial score (nSPS) is 13.1. The van der Waals surface area contributed by atoms with Gasteiger partial charge in [-0.2, -0.15) is 0 Å². The number of fused-ring (bicyclic) bond motifs is 7. The number of imidazole rings is 1. The van der Waals surface area contributed by atoms with Gasteiger partial charge in [-0.25, -0.2) is 4.98 Å². The Morgan fingerprint density at radius 1 is 0.567 bits per heavy atom. The van der Waals surface area contributed by atoms with Gasteiger partial charge in [0, 0.05) is 10.8 Å². The maximum Gasteiger partial charge on any atom is 0.149 e. The first-order chi connectivity index (χ1) is 28.3. The number of furan rings is 1. The van der Waals surface area contributed by atoms with Gasteiger partial charge in [-0.3, -0.25) is 4.57 Å². The first kappa shape index (κ1) is 40.0. The molecule has 7 aromatic carbocycles. The summed E-state index contributed by atoms with van der Waals surface area (Å²) in [6.45, 7) is 30.6. The molecule has 60 heavy (non-hydrogen) atoms. The van der Waals surface area contributed by atoms with Crippen LogP contribution < -0.4 is 5.19 Å². The molecule has 0 spiro atoms. The third kappa shape index (κ3) is 6.78. The maximum absolute atomic E-state index is 7.02. The molecule has 2 heterocycles. The van der Waals surface area contributed by atoms with Gasteiger partial charge < -0.3 is 4.42 Å². The van der Waals surface area contributed by atoms with Gasteiger partial charge in [0.25, 0.3) is 0 Å². The van der Waals surface area contributed by atoms with Crippen LogP contribution >= 0.6 is 0 Å². The molecule has 0 fully saturated rings. The van der Waals surface area contributed by atoms with Crippen LogP contribution in [0, 0.1) is 0 Å². The van der Waals surface area contributed by atoms with E-state index in [0.29, 0.717) is 0 Å². The van der Waals surface area contributed by atoms with Crippen molar-refractivity contribution >= 4 is 67.8 Å². The summed E-state index contributed by atoms with van der Waals surface area (Å²) >= 11 is 0. The molecule has 0 aliphatic carbocycles. The molecule has 0 aliphatic heterocycles. The van der Waals surface area contributed by atoms with Crippen molar-refractivity contribution in [3.05, 3.63) is 138 Å². The lowest BCUT2D eigenvalue weighted by Crippen LogP contribution is -2.37. The smallest absolute Gasteiger partial charge is 0.149 e. The topological polar surface area (TPSA) is 31.0 Å². The van der Waals surface area contributed by atoms with Crippen molar-refractivity contribution < 1.29 is 4.42 Å². The highest BCUT2D eigenvalue weighted by Gasteiger charge is 2.28. The molecule has 0 radical (unpaired) electrons. The molecule has 0 amide bonds. The van der Waals surface area contributed by atoms with Gasteiger partial charge >= 0.3 is 0 Å². The molecular weight excluding hydrogens is 745 g/mol. The van der Waals surface area contributed by atoms with Crippen LogP contribution in [0.25, 0.3) is 82.7 Å². The Labute approximate surface area is 357 Å². The minimum Gasteiger partial charge on any atom is -0.455 e. The fraction of sp³-hybridized carbons (Fsp3) is 0.304. The van der Waals surface area contributed by atoms with Crippen LogP contribution in [-0.2, 0) is 10.8 Å². The summed E-state index contributed by atoms with van der Waals surface area (Å²) in [6, 6.07) is 43.5. The van der Waals surface area contributed by atoms with Crippen LogP contribution in [0.2, 0.25) is 19.6 Å². The van der Waals surface area contributed by atoms with Crippen molar-refractivity contribution in [2.24, 2.45) is 0 Å². The lowest BCUT2D eigenvalue weighted by molar-refractivity contribution is 0.569. The molecule has 0 saturated carbocycles. The van der Waals surface area contributed by atoms with E-state index in [4.69, 9.17) is 9.40 Å². The second-order valence-electron chi connectivity index (χ2n) is 21.0. The van der Waals surface area contributed by atoms with E-state index in [9.17, 15) is 0 Å². The number of hydrogen-bond donors (Lipinski definition) is 0. The van der Waals surface area contributed by atoms with Crippen LogP contribution in [0.1, 0.15) is 103 Å². The van der Waals surface area contributed by atoms with Gasteiger partial charge in [0.2, 0.25) is 0 Å². The SMILES string of the molecule is CC(C)c1cc(-c2cc(C(C)(C)C)cc(C(C)(C)C)c2)cc(C(C)C)c1-n1c(-c2cccc3c2oc2cc4c(ccc5ccccc54)cc23)nc2cc([Si](C)(C)C)ccc21. The highest BCUT2D eigenvalue weighted by atomic mass is 28.3. The number of aromatic nitrogens is 2. The predicted octanol–water partition coefficient (Wildman–Crippen LogP) is 16.0. The molecular formula is C56H60N2OSi. The van der Waals surface area contributed by atoms with E-state index in [-0.39, 0.29) is 22.7 Å². The number of rotatable bonds is 6. The monoisotopic (exact) mass is 804 g/mol. The summed E-state index contributed by atoms with van der Waals surface area (Å²) in [6.07, 6.45) is 0. The third-order valence-corrected chi connectivity index (χ3v) is 14.8. The molecule has 2 aromatic heterocycles. The van der Waals surface area contributed by atoms with Gasteiger partial charge in [-0.15, -0.1) is 0 Å². The molecule has 9 aromatic rings. The van der Waals surface area contributed by atoms with Gasteiger partial charge in [0.05, 0.1) is 30.4 Å². The van der Waals surface area contributed by atoms with Crippen LogP contribution in [0.15, 0.2) is 120 Å². The quantitative estimate of drug-likeness (QED) is 0.124. The summed E-state index contributed by atoms with van der Waals surface area (Å²) in [5.41, 5.74) is 14.1. The van der Waals surface area contributed by atoms with Crippen molar-refractivity contribution in [3.63, 3.8) is 0 Å². The molecule has 0 unspecified atom stereocenters. The highest BCUT2D eigenvalue weighted by molar-refractivity contribution is 6.88. The number of benzene rings is 7. The molecule has 3 nitrogen and oxygen atoms in total. The molecule has 0 atom stereocenters. The standard InChI is InChI=1S/C56H60N2OSi/c1-33(2)45-28-38(37-25-39(55(5,6)7)30-40(26-37)56(8,9)10)29-46(34(3)4)52(45)58-50-24-23-41(60(11,12)13)31-49(50)57-54(58)44-20-16-19-43-48-27-36-22-21-35-17-14-15-18-42(35)47(36)32-51(48)59-53(43)44/h14-34H,1-13H3. The minimum absolute atomic E-state index is 0.0231. The van der Waals surface area contributed by atoms with E-state index in [1.165, 1.54) is 65.8 Å². The van der Waals surface area contributed by atoms with Gasteiger partial charge in [0.15, 0.2) is 0 Å². The molecule has 9 rings (SSSR count). The predicted molar refractivity (Wildman–Crippen MR) is 263 cm³/mol. The summed E-state index contributed by atoms with van der Waals surface area (Å²) in [7, 11) is -1.63. The summed E-state index contributed by atoms with van der Waals surface area (Å²) in [5.74, 6) is 1.42. The van der Waals surface area contributed by atoms with Crippen molar-refractivity contribution in [1.29, 1.82) is 0 Å². The summed E-state index contributed by atoms with van der Waals surface area (Å²) in [4.78, 5) is 5.63. The van der Waals surface area contributed by atoms with Gasteiger partial charge in [-0.05, 0) is 120 Å². The zero-order valence-corrected chi connectivity index (χ0v) is 38.9. The zero-order valence-electron chi connectivity index (χ0n) is 37.9. The molecule has 4 heteroatoms. The van der Waals surface area contributed by atoms with Crippen molar-refractivity contribution in [2.75, 3.05) is 0 Å². The van der Waals surface area contributed by atoms with E-state index in [1.54, 1.807) is 0 Å². The van der Waals surface area contributed by atoms with E-state index in [1.807, 2.05) is 0 Å². The molecule has 0 saturated heterocycles. The molecule has 304 valence electrons. The Morgan fingerprint density at radius 2 is 1.18 bits per heavy atom. The second-order valence-corrected chi connectivity index (χ2v) is 26.1. The second kappa shape index (κ2) is 14.1. The van der Waals surface area contributed by atoms with E-state index >= 15 is 0 Å². The van der Waals surface area contributed by atoms with E-state index in [2.05, 4.69) is 209 Å². The number of para-hydroxylation sites is 1. The van der Waals surface area contributed by atoms with Crippen LogP contribution in [-0.4, -0.2) is 17.6 Å². The fourth-order valence-corrected chi connectivity index (χ4v) is 10.2. The first-order valence-electron chi connectivity index (χ1n) is 21.9. The molecule has 0 aliphatic rings. The van der Waals surface area contributed by atoms with Crippen LogP contribution in [0.3, 0.4) is 0 Å². The average Bonchev–Trinajstić information content (AvgIpc) is 3.76. The Bertz CT molecular complexity index is 3090.